The molecule has 12 heteroatoms. The molecule has 0 unspecified atom stereocenters. The van der Waals surface area contributed by atoms with Crippen LogP contribution in [0.4, 0.5) is 4.79 Å². The molecule has 2 aliphatic heterocycles. The molecule has 35 heavy (non-hydrogen) atoms. The number of halogens is 3. The van der Waals surface area contributed by atoms with Gasteiger partial charge in [0.05, 0.1) is 10.0 Å². The van der Waals surface area contributed by atoms with Gasteiger partial charge in [0.25, 0.3) is 10.0 Å². The van der Waals surface area contributed by atoms with E-state index in [0.717, 1.165) is 44.5 Å². The summed E-state index contributed by atoms with van der Waals surface area (Å²) in [5.74, 6) is 0.722. The molecule has 0 saturated carbocycles. The van der Waals surface area contributed by atoms with E-state index in [1.807, 2.05) is 6.07 Å². The summed E-state index contributed by atoms with van der Waals surface area (Å²) >= 11 is 20.5. The summed E-state index contributed by atoms with van der Waals surface area (Å²) < 4.78 is 34.3. The predicted octanol–water partition coefficient (Wildman–Crippen LogP) is 5.28. The maximum atomic E-state index is 12.7. The first-order valence-electron chi connectivity index (χ1n) is 11.4. The highest BCUT2D eigenvalue weighted by Gasteiger charge is 2.32. The second kappa shape index (κ2) is 11.5. The number of nitrogens with zero attached hydrogens (tertiary/aromatic N) is 2. The minimum Gasteiger partial charge on any atom is -0.490 e. The van der Waals surface area contributed by atoms with Crippen LogP contribution in [-0.2, 0) is 10.0 Å². The van der Waals surface area contributed by atoms with Gasteiger partial charge in [-0.3, -0.25) is 4.90 Å². The van der Waals surface area contributed by atoms with Crippen LogP contribution in [0, 0.1) is 0 Å². The lowest BCUT2D eigenvalue weighted by Gasteiger charge is -2.41. The van der Waals surface area contributed by atoms with E-state index in [4.69, 9.17) is 40.2 Å². The number of rotatable bonds is 5. The van der Waals surface area contributed by atoms with Crippen LogP contribution in [0.25, 0.3) is 0 Å². The van der Waals surface area contributed by atoms with Crippen molar-refractivity contribution in [1.29, 1.82) is 0 Å². The van der Waals surface area contributed by atoms with Gasteiger partial charge < -0.3 is 9.64 Å². The summed E-state index contributed by atoms with van der Waals surface area (Å²) in [5, 5.41) is 0.985. The van der Waals surface area contributed by atoms with Crippen molar-refractivity contribution in [3.8, 4) is 5.75 Å². The number of sulfonamides is 1. The van der Waals surface area contributed by atoms with Crippen LogP contribution in [0.5, 0.6) is 5.75 Å². The van der Waals surface area contributed by atoms with Gasteiger partial charge in [0.1, 0.15) is 16.8 Å². The Hall–Kier alpha value is -1.17. The average molecular weight is 623 g/mol. The molecule has 2 saturated heterocycles. The Morgan fingerprint density at radius 2 is 1.77 bits per heavy atom. The Labute approximate surface area is 229 Å². The summed E-state index contributed by atoms with van der Waals surface area (Å²) in [6, 6.07) is 5.06. The number of allylic oxidation sites excluding steroid dienone is 4. The molecule has 4 rings (SSSR count). The third-order valence-electron chi connectivity index (χ3n) is 6.48. The highest BCUT2D eigenvalue weighted by molar-refractivity contribution is 9.11. The van der Waals surface area contributed by atoms with Gasteiger partial charge in [-0.1, -0.05) is 57.4 Å². The molecule has 3 aliphatic rings. The van der Waals surface area contributed by atoms with Crippen LogP contribution < -0.4 is 9.46 Å². The maximum absolute atomic E-state index is 12.7. The summed E-state index contributed by atoms with van der Waals surface area (Å²) in [5.41, 5.74) is 0. The van der Waals surface area contributed by atoms with Gasteiger partial charge >= 0.3 is 6.03 Å². The van der Waals surface area contributed by atoms with Crippen molar-refractivity contribution < 1.29 is 17.9 Å². The molecule has 2 amide bonds. The normalized spacial score (nSPS) is 20.9. The van der Waals surface area contributed by atoms with Gasteiger partial charge in [0, 0.05) is 54.1 Å². The number of ether oxygens (including phenoxy) is 1. The predicted molar refractivity (Wildman–Crippen MR) is 146 cm³/mol. The topological polar surface area (TPSA) is 79.0 Å². The number of likely N-dealkylation sites (tertiary alicyclic amines) is 2. The summed E-state index contributed by atoms with van der Waals surface area (Å²) in [6.45, 7) is 2.81. The van der Waals surface area contributed by atoms with Gasteiger partial charge in [-0.05, 0) is 43.9 Å². The molecular formula is C23H26BrCl2N3O4S2. The standard InChI is InChI=1S/C23H26BrCl2N3O4S2/c24-15-1-4-21(34)22(13-15)35(31,32)27-23(30)29-9-5-16(6-10-29)28-11-7-17(8-12-28)33-18-2-3-19(25)20(26)14-18/h1-3,13-14,16-17H,4-12H2,(H,27,30). The lowest BCUT2D eigenvalue weighted by atomic mass is 9.99. The third kappa shape index (κ3) is 6.78. The van der Waals surface area contributed by atoms with E-state index < -0.39 is 16.1 Å². The molecule has 2 heterocycles. The fourth-order valence-electron chi connectivity index (χ4n) is 4.55. The van der Waals surface area contributed by atoms with Crippen molar-refractivity contribution >= 4 is 72.3 Å². The number of piperidine rings is 2. The van der Waals surface area contributed by atoms with E-state index in [9.17, 15) is 13.2 Å². The monoisotopic (exact) mass is 621 g/mol. The van der Waals surface area contributed by atoms with Crippen LogP contribution in [0.2, 0.25) is 10.0 Å². The molecule has 7 nitrogen and oxygen atoms in total. The van der Waals surface area contributed by atoms with E-state index in [2.05, 4.69) is 25.6 Å². The van der Waals surface area contributed by atoms with E-state index in [1.54, 1.807) is 23.1 Å². The van der Waals surface area contributed by atoms with Crippen LogP contribution in [-0.4, -0.2) is 67.4 Å². The summed E-state index contributed by atoms with van der Waals surface area (Å²) in [7, 11) is -4.02. The molecule has 0 atom stereocenters. The Balaban J connectivity index is 1.24. The zero-order valence-corrected chi connectivity index (χ0v) is 23.6. The number of amides is 2. The number of benzene rings is 1. The molecule has 1 aromatic rings. The molecule has 1 N–H and O–H groups in total. The van der Waals surface area contributed by atoms with E-state index in [1.165, 1.54) is 6.08 Å². The number of hydrogen-bond donors (Lipinski definition) is 1. The Morgan fingerprint density at radius 1 is 1.09 bits per heavy atom. The molecule has 0 aromatic heterocycles. The Morgan fingerprint density at radius 3 is 2.43 bits per heavy atom. The van der Waals surface area contributed by atoms with Crippen LogP contribution >= 0.6 is 51.3 Å². The zero-order chi connectivity index (χ0) is 25.2. The first-order chi connectivity index (χ1) is 16.6. The second-order valence-corrected chi connectivity index (χ2v) is 12.7. The van der Waals surface area contributed by atoms with E-state index >= 15 is 0 Å². The van der Waals surface area contributed by atoms with Gasteiger partial charge in [-0.25, -0.2) is 17.9 Å². The highest BCUT2D eigenvalue weighted by atomic mass is 79.9. The highest BCUT2D eigenvalue weighted by Crippen LogP contribution is 2.29. The lowest BCUT2D eigenvalue weighted by molar-refractivity contribution is 0.0540. The van der Waals surface area contributed by atoms with Crippen molar-refractivity contribution in [3.63, 3.8) is 0 Å². The van der Waals surface area contributed by atoms with Gasteiger partial charge in [0.15, 0.2) is 0 Å². The molecule has 2 fully saturated rings. The van der Waals surface area contributed by atoms with Gasteiger partial charge in [-0.2, -0.15) is 0 Å². The Kier molecular flexibility index (Phi) is 8.82. The van der Waals surface area contributed by atoms with Crippen LogP contribution in [0.3, 0.4) is 0 Å². The first-order valence-corrected chi connectivity index (χ1v) is 14.8. The summed E-state index contributed by atoms with van der Waals surface area (Å²) in [4.78, 5) is 16.9. The van der Waals surface area contributed by atoms with Crippen molar-refractivity contribution in [2.24, 2.45) is 0 Å². The van der Waals surface area contributed by atoms with Gasteiger partial charge in [-0.15, -0.1) is 0 Å². The number of carbonyl (C=O) groups excluding carboxylic acids is 1. The molecule has 1 aromatic carbocycles. The van der Waals surface area contributed by atoms with E-state index in [-0.39, 0.29) is 11.0 Å². The number of thiocarbonyl (C=S) groups is 1. The lowest BCUT2D eigenvalue weighted by Crippen LogP contribution is -2.52. The number of hydrogen-bond acceptors (Lipinski definition) is 6. The minimum atomic E-state index is -4.02. The minimum absolute atomic E-state index is 0.0314. The van der Waals surface area contributed by atoms with Crippen molar-refractivity contribution in [2.75, 3.05) is 26.2 Å². The third-order valence-corrected chi connectivity index (χ3v) is 9.67. The Bertz CT molecular complexity index is 1160. The molecular weight excluding hydrogens is 597 g/mol. The maximum Gasteiger partial charge on any atom is 0.331 e. The first kappa shape index (κ1) is 26.9. The van der Waals surface area contributed by atoms with E-state index in [0.29, 0.717) is 44.9 Å². The molecule has 1 aliphatic carbocycles. The van der Waals surface area contributed by atoms with Gasteiger partial charge in [0.2, 0.25) is 0 Å². The van der Waals surface area contributed by atoms with Crippen molar-refractivity contribution in [3.05, 3.63) is 49.8 Å². The number of nitrogens with one attached hydrogen (secondary N) is 1. The molecule has 0 spiro atoms. The fraction of sp³-hybridized carbons (Fsp3) is 0.478. The molecule has 0 bridgehead atoms. The van der Waals surface area contributed by atoms with Crippen molar-refractivity contribution in [1.82, 2.24) is 14.5 Å². The fourth-order valence-corrected chi connectivity index (χ4v) is 6.99. The molecule has 0 radical (unpaired) electrons. The quantitative estimate of drug-likeness (QED) is 0.451. The zero-order valence-electron chi connectivity index (χ0n) is 18.9. The summed E-state index contributed by atoms with van der Waals surface area (Å²) in [6.07, 6.45) is 7.07. The van der Waals surface area contributed by atoms with Crippen LogP contribution in [0.1, 0.15) is 32.1 Å². The number of carbonyl (C=O) groups is 1. The van der Waals surface area contributed by atoms with Crippen LogP contribution in [0.15, 0.2) is 39.7 Å². The smallest absolute Gasteiger partial charge is 0.331 e. The molecule has 190 valence electrons. The largest absolute Gasteiger partial charge is 0.490 e. The SMILES string of the molecule is O=C(NS(=O)(=O)C1=CC(Br)=CCC1=S)N1CCC(N2CCC(Oc3ccc(Cl)c(Cl)c3)CC2)CC1. The second-order valence-electron chi connectivity index (χ2n) is 8.78. The van der Waals surface area contributed by atoms with Crippen molar-refractivity contribution in [2.45, 2.75) is 44.2 Å². The number of urea groups is 1. The average Bonchev–Trinajstić information content (AvgIpc) is 2.83.